The van der Waals surface area contributed by atoms with Gasteiger partial charge >= 0.3 is 0 Å². The number of rotatable bonds is 6. The Kier molecular flexibility index (Phi) is 4.40. The van der Waals surface area contributed by atoms with Crippen LogP contribution >= 0.6 is 0 Å². The number of hydrogen-bond acceptors (Lipinski definition) is 4. The second kappa shape index (κ2) is 5.89. The summed E-state index contributed by atoms with van der Waals surface area (Å²) < 4.78 is 1.93. The molecule has 0 aromatic carbocycles. The maximum Gasteiger partial charge on any atom is 0.157 e. The SMILES string of the molecule is CCC(C)(CO)NCc1cnc2c(cnn2C(C)C)c1. The Morgan fingerprint density at radius 1 is 1.40 bits per heavy atom. The highest BCUT2D eigenvalue weighted by Gasteiger charge is 2.19. The van der Waals surface area contributed by atoms with Crippen molar-refractivity contribution in [2.24, 2.45) is 0 Å². The molecule has 1 unspecified atom stereocenters. The molecule has 2 N–H and O–H groups in total. The molecule has 110 valence electrons. The predicted molar refractivity (Wildman–Crippen MR) is 80.5 cm³/mol. The van der Waals surface area contributed by atoms with Crippen LogP contribution in [0.5, 0.6) is 0 Å². The van der Waals surface area contributed by atoms with Crippen LogP contribution in [0.25, 0.3) is 11.0 Å². The summed E-state index contributed by atoms with van der Waals surface area (Å²) in [6, 6.07) is 2.41. The van der Waals surface area contributed by atoms with E-state index in [1.54, 1.807) is 0 Å². The van der Waals surface area contributed by atoms with Crippen LogP contribution in [0.2, 0.25) is 0 Å². The first-order chi connectivity index (χ1) is 9.49. The number of aliphatic hydroxyl groups excluding tert-OH is 1. The summed E-state index contributed by atoms with van der Waals surface area (Å²) in [5, 5.41) is 18.2. The van der Waals surface area contributed by atoms with Crippen molar-refractivity contribution >= 4 is 11.0 Å². The van der Waals surface area contributed by atoms with Crippen molar-refractivity contribution in [1.29, 1.82) is 0 Å². The van der Waals surface area contributed by atoms with E-state index in [2.05, 4.69) is 42.2 Å². The van der Waals surface area contributed by atoms with Gasteiger partial charge in [0.25, 0.3) is 0 Å². The molecule has 20 heavy (non-hydrogen) atoms. The summed E-state index contributed by atoms with van der Waals surface area (Å²) in [6.45, 7) is 9.10. The maximum absolute atomic E-state index is 9.41. The number of fused-ring (bicyclic) bond motifs is 1. The molecule has 0 amide bonds. The Bertz CT molecular complexity index is 572. The Morgan fingerprint density at radius 2 is 2.15 bits per heavy atom. The third-order valence-electron chi connectivity index (χ3n) is 3.83. The first kappa shape index (κ1) is 14.9. The summed E-state index contributed by atoms with van der Waals surface area (Å²) in [6.07, 6.45) is 4.62. The van der Waals surface area contributed by atoms with Gasteiger partial charge in [-0.3, -0.25) is 0 Å². The average molecular weight is 276 g/mol. The van der Waals surface area contributed by atoms with E-state index < -0.39 is 0 Å². The molecule has 0 saturated carbocycles. The molecule has 0 radical (unpaired) electrons. The van der Waals surface area contributed by atoms with Gasteiger partial charge in [0.05, 0.1) is 12.8 Å². The smallest absolute Gasteiger partial charge is 0.157 e. The zero-order valence-electron chi connectivity index (χ0n) is 12.7. The van der Waals surface area contributed by atoms with E-state index in [1.165, 1.54) is 0 Å². The minimum atomic E-state index is -0.239. The van der Waals surface area contributed by atoms with Crippen LogP contribution in [0, 0.1) is 0 Å². The topological polar surface area (TPSA) is 63.0 Å². The Hall–Kier alpha value is -1.46. The van der Waals surface area contributed by atoms with Gasteiger partial charge in [-0.2, -0.15) is 5.10 Å². The average Bonchev–Trinajstić information content (AvgIpc) is 2.88. The number of nitrogens with one attached hydrogen (secondary N) is 1. The lowest BCUT2D eigenvalue weighted by Crippen LogP contribution is -2.44. The van der Waals surface area contributed by atoms with E-state index in [1.807, 2.05) is 24.0 Å². The number of aromatic nitrogens is 3. The lowest BCUT2D eigenvalue weighted by Gasteiger charge is -2.27. The lowest BCUT2D eigenvalue weighted by atomic mass is 10.00. The standard InChI is InChI=1S/C15H24N4O/c1-5-15(4,10-20)17-8-12-6-13-9-18-19(11(2)3)14(13)16-7-12/h6-7,9,11,17,20H,5,8,10H2,1-4H3. The highest BCUT2D eigenvalue weighted by atomic mass is 16.3. The molecule has 2 rings (SSSR count). The van der Waals surface area contributed by atoms with E-state index >= 15 is 0 Å². The van der Waals surface area contributed by atoms with Crippen molar-refractivity contribution in [2.45, 2.75) is 52.2 Å². The molecule has 1 atom stereocenters. The van der Waals surface area contributed by atoms with Crippen molar-refractivity contribution in [3.8, 4) is 0 Å². The molecule has 0 aliphatic carbocycles. The first-order valence-corrected chi connectivity index (χ1v) is 7.17. The van der Waals surface area contributed by atoms with Crippen molar-refractivity contribution in [3.05, 3.63) is 24.0 Å². The van der Waals surface area contributed by atoms with E-state index in [0.29, 0.717) is 12.6 Å². The van der Waals surface area contributed by atoms with Crippen LogP contribution in [0.15, 0.2) is 18.5 Å². The van der Waals surface area contributed by atoms with Crippen LogP contribution in [-0.2, 0) is 6.54 Å². The Morgan fingerprint density at radius 3 is 2.75 bits per heavy atom. The summed E-state index contributed by atoms with van der Waals surface area (Å²) >= 11 is 0. The molecule has 0 bridgehead atoms. The molecule has 0 fully saturated rings. The normalized spacial score (nSPS) is 14.9. The van der Waals surface area contributed by atoms with Gasteiger partial charge in [0, 0.05) is 29.7 Å². The molecule has 5 heteroatoms. The van der Waals surface area contributed by atoms with Gasteiger partial charge in [-0.1, -0.05) is 6.92 Å². The van der Waals surface area contributed by atoms with Gasteiger partial charge < -0.3 is 10.4 Å². The van der Waals surface area contributed by atoms with E-state index in [-0.39, 0.29) is 12.1 Å². The molecule has 2 aromatic rings. The van der Waals surface area contributed by atoms with Crippen molar-refractivity contribution in [1.82, 2.24) is 20.1 Å². The molecule has 0 saturated heterocycles. The van der Waals surface area contributed by atoms with Crippen LogP contribution in [0.4, 0.5) is 0 Å². The first-order valence-electron chi connectivity index (χ1n) is 7.17. The van der Waals surface area contributed by atoms with Crippen LogP contribution in [0.3, 0.4) is 0 Å². The Labute approximate surface area is 120 Å². The number of pyridine rings is 1. The third kappa shape index (κ3) is 2.99. The second-order valence-corrected chi connectivity index (χ2v) is 5.87. The molecule has 0 spiro atoms. The lowest BCUT2D eigenvalue weighted by molar-refractivity contribution is 0.169. The Balaban J connectivity index is 2.17. The van der Waals surface area contributed by atoms with Crippen molar-refractivity contribution in [3.63, 3.8) is 0 Å². The molecule has 0 aliphatic heterocycles. The van der Waals surface area contributed by atoms with Crippen molar-refractivity contribution in [2.75, 3.05) is 6.61 Å². The zero-order valence-corrected chi connectivity index (χ0v) is 12.7. The highest BCUT2D eigenvalue weighted by Crippen LogP contribution is 2.17. The molecule has 5 nitrogen and oxygen atoms in total. The van der Waals surface area contributed by atoms with Gasteiger partial charge in [-0.25, -0.2) is 9.67 Å². The van der Waals surface area contributed by atoms with Crippen LogP contribution < -0.4 is 5.32 Å². The third-order valence-corrected chi connectivity index (χ3v) is 3.83. The summed E-state index contributed by atoms with van der Waals surface area (Å²) in [4.78, 5) is 4.51. The van der Waals surface area contributed by atoms with E-state index in [4.69, 9.17) is 0 Å². The number of nitrogens with zero attached hydrogens (tertiary/aromatic N) is 3. The monoisotopic (exact) mass is 276 g/mol. The van der Waals surface area contributed by atoms with E-state index in [0.717, 1.165) is 23.0 Å². The second-order valence-electron chi connectivity index (χ2n) is 5.87. The van der Waals surface area contributed by atoms with Crippen LogP contribution in [-0.4, -0.2) is 32.0 Å². The summed E-state index contributed by atoms with van der Waals surface area (Å²) in [5.41, 5.74) is 1.79. The van der Waals surface area contributed by atoms with Gasteiger partial charge in [-0.15, -0.1) is 0 Å². The fraction of sp³-hybridized carbons (Fsp3) is 0.600. The van der Waals surface area contributed by atoms with E-state index in [9.17, 15) is 5.11 Å². The fourth-order valence-corrected chi connectivity index (χ4v) is 2.07. The fourth-order valence-electron chi connectivity index (χ4n) is 2.07. The number of hydrogen-bond donors (Lipinski definition) is 2. The largest absolute Gasteiger partial charge is 0.394 e. The van der Waals surface area contributed by atoms with Gasteiger partial charge in [-0.05, 0) is 38.8 Å². The minimum Gasteiger partial charge on any atom is -0.394 e. The van der Waals surface area contributed by atoms with Crippen LogP contribution in [0.1, 0.15) is 45.7 Å². The highest BCUT2D eigenvalue weighted by molar-refractivity contribution is 5.75. The predicted octanol–water partition coefficient (Wildman–Crippen LogP) is 2.26. The maximum atomic E-state index is 9.41. The van der Waals surface area contributed by atoms with Gasteiger partial charge in [0.1, 0.15) is 0 Å². The molecular formula is C15H24N4O. The van der Waals surface area contributed by atoms with Crippen molar-refractivity contribution < 1.29 is 5.11 Å². The zero-order chi connectivity index (χ0) is 14.8. The molecule has 2 heterocycles. The molecule has 0 aliphatic rings. The van der Waals surface area contributed by atoms with Gasteiger partial charge in [0.15, 0.2) is 5.65 Å². The summed E-state index contributed by atoms with van der Waals surface area (Å²) in [5.74, 6) is 0. The molecular weight excluding hydrogens is 252 g/mol. The number of aliphatic hydroxyl groups is 1. The van der Waals surface area contributed by atoms with Gasteiger partial charge in [0.2, 0.25) is 0 Å². The molecule has 2 aromatic heterocycles. The quantitative estimate of drug-likeness (QED) is 0.849. The minimum absolute atomic E-state index is 0.129. The summed E-state index contributed by atoms with van der Waals surface area (Å²) in [7, 11) is 0.